The lowest BCUT2D eigenvalue weighted by Crippen LogP contribution is -2.33. The first-order valence-corrected chi connectivity index (χ1v) is 9.41. The van der Waals surface area contributed by atoms with Gasteiger partial charge in [-0.15, -0.1) is 0 Å². The van der Waals surface area contributed by atoms with Crippen molar-refractivity contribution in [3.05, 3.63) is 70.1 Å². The number of halogens is 1. The molecule has 0 heterocycles. The average molecular weight is 379 g/mol. The van der Waals surface area contributed by atoms with Gasteiger partial charge in [-0.05, 0) is 36.3 Å². The lowest BCUT2D eigenvalue weighted by molar-refractivity contribution is -0.116. The molecule has 2 aromatic rings. The van der Waals surface area contributed by atoms with Gasteiger partial charge in [-0.3, -0.25) is 4.79 Å². The molecule has 2 aromatic carbocycles. The highest BCUT2D eigenvalue weighted by atomic mass is 35.5. The third-order valence-corrected chi connectivity index (χ3v) is 5.22. The highest BCUT2D eigenvalue weighted by Crippen LogP contribution is 2.20. The fourth-order valence-corrected chi connectivity index (χ4v) is 3.05. The number of benzene rings is 2. The zero-order chi connectivity index (χ0) is 18.4. The number of aryl methyl sites for hydroxylation is 1. The van der Waals surface area contributed by atoms with E-state index in [9.17, 15) is 13.2 Å². The standard InChI is InChI=1S/C18H19ClN2O3S/c1-14-8-9-16(19)12-17(14)20-18(22)13-21(2)25(23,24)11-10-15-6-4-3-5-7-15/h3-12H,13H2,1-2H3,(H,20,22)/b11-10+. The minimum absolute atomic E-state index is 0.298. The summed E-state index contributed by atoms with van der Waals surface area (Å²) in [4.78, 5) is 12.1. The summed E-state index contributed by atoms with van der Waals surface area (Å²) >= 11 is 5.91. The van der Waals surface area contributed by atoms with Gasteiger partial charge in [0, 0.05) is 23.2 Å². The molecule has 0 aliphatic heterocycles. The highest BCUT2D eigenvalue weighted by Gasteiger charge is 2.18. The Morgan fingerprint density at radius 3 is 2.56 bits per heavy atom. The quantitative estimate of drug-likeness (QED) is 0.836. The predicted molar refractivity (Wildman–Crippen MR) is 102 cm³/mol. The van der Waals surface area contributed by atoms with Gasteiger partial charge in [-0.2, -0.15) is 4.31 Å². The zero-order valence-corrected chi connectivity index (χ0v) is 15.5. The van der Waals surface area contributed by atoms with E-state index in [1.54, 1.807) is 30.3 Å². The summed E-state index contributed by atoms with van der Waals surface area (Å²) in [6, 6.07) is 14.2. The van der Waals surface area contributed by atoms with E-state index in [0.29, 0.717) is 10.7 Å². The zero-order valence-electron chi connectivity index (χ0n) is 13.9. The van der Waals surface area contributed by atoms with Crippen molar-refractivity contribution in [2.45, 2.75) is 6.92 Å². The Balaban J connectivity index is 2.02. The number of hydrogen-bond acceptors (Lipinski definition) is 3. The largest absolute Gasteiger partial charge is 0.325 e. The van der Waals surface area contributed by atoms with E-state index < -0.39 is 15.9 Å². The molecule has 0 spiro atoms. The van der Waals surface area contributed by atoms with E-state index in [4.69, 9.17) is 11.6 Å². The Hall–Kier alpha value is -2.15. The molecule has 0 saturated heterocycles. The minimum atomic E-state index is -3.70. The van der Waals surface area contributed by atoms with Crippen molar-refractivity contribution in [2.24, 2.45) is 0 Å². The molecule has 1 amide bonds. The molecule has 2 rings (SSSR count). The number of amides is 1. The molecular weight excluding hydrogens is 360 g/mol. The smallest absolute Gasteiger partial charge is 0.239 e. The first-order chi connectivity index (χ1) is 11.8. The van der Waals surface area contributed by atoms with Gasteiger partial charge in [0.1, 0.15) is 0 Å². The van der Waals surface area contributed by atoms with Crippen LogP contribution in [0.5, 0.6) is 0 Å². The van der Waals surface area contributed by atoms with Crippen molar-refractivity contribution in [1.29, 1.82) is 0 Å². The maximum Gasteiger partial charge on any atom is 0.239 e. The summed E-state index contributed by atoms with van der Waals surface area (Å²) in [5, 5.41) is 4.25. The van der Waals surface area contributed by atoms with Crippen LogP contribution in [0, 0.1) is 6.92 Å². The molecule has 5 nitrogen and oxygen atoms in total. The second kappa shape index (κ2) is 8.29. The maximum absolute atomic E-state index is 12.3. The summed E-state index contributed by atoms with van der Waals surface area (Å²) in [5.74, 6) is -0.440. The summed E-state index contributed by atoms with van der Waals surface area (Å²) in [6.45, 7) is 1.53. The monoisotopic (exact) mass is 378 g/mol. The molecule has 7 heteroatoms. The van der Waals surface area contributed by atoms with Gasteiger partial charge < -0.3 is 5.32 Å². The average Bonchev–Trinajstić information content (AvgIpc) is 2.57. The van der Waals surface area contributed by atoms with Gasteiger partial charge in [0.15, 0.2) is 0 Å². The number of carbonyl (C=O) groups is 1. The maximum atomic E-state index is 12.3. The van der Waals surface area contributed by atoms with Crippen LogP contribution in [0.25, 0.3) is 6.08 Å². The van der Waals surface area contributed by atoms with Crippen LogP contribution in [0.3, 0.4) is 0 Å². The van der Waals surface area contributed by atoms with Crippen molar-refractivity contribution in [1.82, 2.24) is 4.31 Å². The van der Waals surface area contributed by atoms with Crippen molar-refractivity contribution < 1.29 is 13.2 Å². The van der Waals surface area contributed by atoms with Crippen LogP contribution in [-0.4, -0.2) is 32.2 Å². The summed E-state index contributed by atoms with van der Waals surface area (Å²) in [7, 11) is -2.34. The van der Waals surface area contributed by atoms with E-state index in [-0.39, 0.29) is 6.54 Å². The van der Waals surface area contributed by atoms with Crippen LogP contribution in [0.15, 0.2) is 53.9 Å². The van der Waals surface area contributed by atoms with E-state index in [2.05, 4.69) is 5.32 Å². The normalized spacial score (nSPS) is 11.8. The SMILES string of the molecule is Cc1ccc(Cl)cc1NC(=O)CN(C)S(=O)(=O)/C=C/c1ccccc1. The number of likely N-dealkylation sites (N-methyl/N-ethyl adjacent to an activating group) is 1. The fourth-order valence-electron chi connectivity index (χ4n) is 2.04. The Kier molecular flexibility index (Phi) is 6.36. The van der Waals surface area contributed by atoms with Crippen LogP contribution in [-0.2, 0) is 14.8 Å². The molecule has 0 bridgehead atoms. The van der Waals surface area contributed by atoms with Crippen molar-refractivity contribution >= 4 is 39.3 Å². The molecule has 25 heavy (non-hydrogen) atoms. The predicted octanol–water partition coefficient (Wildman–Crippen LogP) is 3.52. The number of sulfonamides is 1. The first-order valence-electron chi connectivity index (χ1n) is 7.53. The Morgan fingerprint density at radius 1 is 1.20 bits per heavy atom. The van der Waals surface area contributed by atoms with Gasteiger partial charge in [0.05, 0.1) is 6.54 Å². The van der Waals surface area contributed by atoms with Gasteiger partial charge in [0.2, 0.25) is 15.9 Å². The minimum Gasteiger partial charge on any atom is -0.325 e. The second-order valence-corrected chi connectivity index (χ2v) is 7.88. The molecule has 0 radical (unpaired) electrons. The first kappa shape index (κ1) is 19.2. The van der Waals surface area contributed by atoms with E-state index in [0.717, 1.165) is 20.8 Å². The molecule has 0 aromatic heterocycles. The van der Waals surface area contributed by atoms with E-state index >= 15 is 0 Å². The highest BCUT2D eigenvalue weighted by molar-refractivity contribution is 7.92. The van der Waals surface area contributed by atoms with Crippen LogP contribution in [0.1, 0.15) is 11.1 Å². The Morgan fingerprint density at radius 2 is 1.88 bits per heavy atom. The number of nitrogens with zero attached hydrogens (tertiary/aromatic N) is 1. The molecule has 1 N–H and O–H groups in total. The van der Waals surface area contributed by atoms with Crippen LogP contribution in [0.2, 0.25) is 5.02 Å². The summed E-state index contributed by atoms with van der Waals surface area (Å²) < 4.78 is 25.5. The Bertz CT molecular complexity index is 880. The fraction of sp³-hybridized carbons (Fsp3) is 0.167. The molecule has 0 atom stereocenters. The molecule has 0 unspecified atom stereocenters. The molecule has 0 aliphatic carbocycles. The van der Waals surface area contributed by atoms with Crippen molar-refractivity contribution in [3.63, 3.8) is 0 Å². The molecule has 0 saturated carbocycles. The Labute approximate surface area is 153 Å². The number of anilines is 1. The van der Waals surface area contributed by atoms with Gasteiger partial charge >= 0.3 is 0 Å². The second-order valence-electron chi connectivity index (χ2n) is 5.52. The van der Waals surface area contributed by atoms with Gasteiger partial charge in [0.25, 0.3) is 0 Å². The van der Waals surface area contributed by atoms with Crippen LogP contribution < -0.4 is 5.32 Å². The van der Waals surface area contributed by atoms with E-state index in [1.165, 1.54) is 13.1 Å². The lowest BCUT2D eigenvalue weighted by Gasteiger charge is -2.15. The van der Waals surface area contributed by atoms with E-state index in [1.807, 2.05) is 25.1 Å². The van der Waals surface area contributed by atoms with Crippen LogP contribution in [0.4, 0.5) is 5.69 Å². The summed E-state index contributed by atoms with van der Waals surface area (Å²) in [5.41, 5.74) is 2.16. The van der Waals surface area contributed by atoms with Crippen molar-refractivity contribution in [2.75, 3.05) is 18.9 Å². The van der Waals surface area contributed by atoms with Gasteiger partial charge in [-0.1, -0.05) is 48.0 Å². The number of rotatable bonds is 6. The topological polar surface area (TPSA) is 66.5 Å². The lowest BCUT2D eigenvalue weighted by atomic mass is 10.2. The third kappa shape index (κ3) is 5.70. The number of carbonyl (C=O) groups excluding carboxylic acids is 1. The molecule has 0 fully saturated rings. The molecule has 132 valence electrons. The summed E-state index contributed by atoms with van der Waals surface area (Å²) in [6.07, 6.45) is 1.49. The number of nitrogens with one attached hydrogen (secondary N) is 1. The third-order valence-electron chi connectivity index (χ3n) is 3.51. The molecule has 0 aliphatic rings. The van der Waals surface area contributed by atoms with Crippen LogP contribution >= 0.6 is 11.6 Å². The number of hydrogen-bond donors (Lipinski definition) is 1. The van der Waals surface area contributed by atoms with Gasteiger partial charge in [-0.25, -0.2) is 8.42 Å². The molecular formula is C18H19ClN2O3S. The van der Waals surface area contributed by atoms with Crippen molar-refractivity contribution in [3.8, 4) is 0 Å².